The maximum absolute atomic E-state index is 12.3. The Morgan fingerprint density at radius 3 is 2.18 bits per heavy atom. The zero-order valence-electron chi connectivity index (χ0n) is 10.9. The van der Waals surface area contributed by atoms with E-state index < -0.39 is 0 Å². The molecule has 2 rings (SSSR count). The lowest BCUT2D eigenvalue weighted by atomic mass is 10.0. The molecule has 1 aromatic carbocycles. The fourth-order valence-corrected chi connectivity index (χ4v) is 3.14. The van der Waals surface area contributed by atoms with Crippen molar-refractivity contribution in [2.24, 2.45) is 16.7 Å². The monoisotopic (exact) mass is 250 g/mol. The first-order valence-corrected chi connectivity index (χ1v) is 6.42. The van der Waals surface area contributed by atoms with E-state index in [0.717, 1.165) is 5.56 Å². The molecule has 1 aliphatic carbocycles. The Labute approximate surface area is 108 Å². The summed E-state index contributed by atoms with van der Waals surface area (Å²) in [5.74, 6) is 0.472. The molecule has 0 amide bonds. The van der Waals surface area contributed by atoms with Gasteiger partial charge in [0.2, 0.25) is 0 Å². The second-order valence-corrected chi connectivity index (χ2v) is 6.52. The molecular formula is C15H19ClO. The number of Topliss-reactive ketones (excluding diaryl/α,β-unsaturated/α-hetero) is 1. The molecule has 0 aromatic heterocycles. The van der Waals surface area contributed by atoms with Crippen molar-refractivity contribution in [3.8, 4) is 0 Å². The molecule has 0 bridgehead atoms. The van der Waals surface area contributed by atoms with Crippen molar-refractivity contribution in [3.05, 3.63) is 34.9 Å². The van der Waals surface area contributed by atoms with Crippen LogP contribution in [-0.4, -0.2) is 5.78 Å². The molecule has 1 fully saturated rings. The van der Waals surface area contributed by atoms with E-state index >= 15 is 0 Å². The number of benzene rings is 1. The third-order valence-corrected chi connectivity index (χ3v) is 5.03. The molecule has 0 unspecified atom stereocenters. The summed E-state index contributed by atoms with van der Waals surface area (Å²) in [5.41, 5.74) is 1.18. The average molecular weight is 251 g/mol. The number of carbonyl (C=O) groups excluding carboxylic acids is 1. The first kappa shape index (κ1) is 12.6. The van der Waals surface area contributed by atoms with Gasteiger partial charge in [-0.15, -0.1) is 0 Å². The highest BCUT2D eigenvalue weighted by atomic mass is 35.5. The van der Waals surface area contributed by atoms with Gasteiger partial charge in [0, 0.05) is 17.4 Å². The average Bonchev–Trinajstić information content (AvgIpc) is 2.61. The van der Waals surface area contributed by atoms with Gasteiger partial charge >= 0.3 is 0 Å². The van der Waals surface area contributed by atoms with Crippen LogP contribution in [0.15, 0.2) is 24.3 Å². The minimum Gasteiger partial charge on any atom is -0.299 e. The van der Waals surface area contributed by atoms with Gasteiger partial charge in [0.15, 0.2) is 0 Å². The number of carbonyl (C=O) groups is 1. The Morgan fingerprint density at radius 2 is 1.71 bits per heavy atom. The topological polar surface area (TPSA) is 17.1 Å². The van der Waals surface area contributed by atoms with E-state index in [1.807, 2.05) is 24.3 Å². The summed E-state index contributed by atoms with van der Waals surface area (Å²) >= 11 is 6.08. The Hall–Kier alpha value is -0.820. The van der Waals surface area contributed by atoms with E-state index in [1.54, 1.807) is 0 Å². The summed E-state index contributed by atoms with van der Waals surface area (Å²) in [4.78, 5) is 12.3. The molecule has 1 aromatic rings. The van der Waals surface area contributed by atoms with Crippen LogP contribution >= 0.6 is 11.6 Å². The fraction of sp³-hybridized carbons (Fsp3) is 0.533. The molecule has 2 heteroatoms. The highest BCUT2D eigenvalue weighted by Gasteiger charge is 2.67. The minimum atomic E-state index is 0.116. The Morgan fingerprint density at radius 1 is 1.18 bits per heavy atom. The van der Waals surface area contributed by atoms with Crippen molar-refractivity contribution >= 4 is 17.4 Å². The van der Waals surface area contributed by atoms with Crippen LogP contribution < -0.4 is 0 Å². The molecular weight excluding hydrogens is 232 g/mol. The zero-order valence-corrected chi connectivity index (χ0v) is 11.6. The van der Waals surface area contributed by atoms with E-state index in [4.69, 9.17) is 11.6 Å². The van der Waals surface area contributed by atoms with Gasteiger partial charge in [0.25, 0.3) is 0 Å². The minimum absolute atomic E-state index is 0.116. The maximum Gasteiger partial charge on any atom is 0.141 e. The van der Waals surface area contributed by atoms with Crippen molar-refractivity contribution < 1.29 is 4.79 Å². The third kappa shape index (κ3) is 1.91. The molecule has 1 saturated carbocycles. The van der Waals surface area contributed by atoms with Gasteiger partial charge in [-0.1, -0.05) is 57.5 Å². The largest absolute Gasteiger partial charge is 0.299 e. The summed E-state index contributed by atoms with van der Waals surface area (Å²) in [7, 11) is 0. The van der Waals surface area contributed by atoms with Crippen LogP contribution in [0.5, 0.6) is 0 Å². The molecule has 0 atom stereocenters. The van der Waals surface area contributed by atoms with E-state index in [-0.39, 0.29) is 16.7 Å². The molecule has 1 nitrogen and oxygen atoms in total. The summed E-state index contributed by atoms with van der Waals surface area (Å²) in [6.45, 7) is 8.68. The predicted octanol–water partition coefficient (Wildman–Crippen LogP) is 4.13. The first-order valence-electron chi connectivity index (χ1n) is 6.04. The van der Waals surface area contributed by atoms with Crippen molar-refractivity contribution in [3.63, 3.8) is 0 Å². The number of hydrogen-bond acceptors (Lipinski definition) is 1. The van der Waals surface area contributed by atoms with E-state index in [9.17, 15) is 4.79 Å². The van der Waals surface area contributed by atoms with E-state index in [2.05, 4.69) is 27.7 Å². The molecule has 0 heterocycles. The highest BCUT2D eigenvalue weighted by Crippen LogP contribution is 2.68. The van der Waals surface area contributed by atoms with Gasteiger partial charge in [-0.2, -0.15) is 0 Å². The van der Waals surface area contributed by atoms with Crippen LogP contribution in [-0.2, 0) is 11.2 Å². The number of ketones is 1. The Kier molecular flexibility index (Phi) is 2.86. The van der Waals surface area contributed by atoms with Crippen LogP contribution in [0.4, 0.5) is 0 Å². The van der Waals surface area contributed by atoms with Crippen LogP contribution in [0.1, 0.15) is 33.3 Å². The van der Waals surface area contributed by atoms with Crippen LogP contribution in [0.25, 0.3) is 0 Å². The van der Waals surface area contributed by atoms with Gasteiger partial charge in [0.1, 0.15) is 5.78 Å². The van der Waals surface area contributed by atoms with Crippen LogP contribution in [0, 0.1) is 16.7 Å². The SMILES string of the molecule is CC1(C)C(C(=O)Cc2ccccc2Cl)C1(C)C. The Balaban J connectivity index is 2.13. The first-order chi connectivity index (χ1) is 7.78. The molecule has 1 aliphatic rings. The van der Waals surface area contributed by atoms with E-state index in [0.29, 0.717) is 17.2 Å². The molecule has 0 N–H and O–H groups in total. The van der Waals surface area contributed by atoms with Crippen LogP contribution in [0.3, 0.4) is 0 Å². The van der Waals surface area contributed by atoms with Crippen molar-refractivity contribution in [2.75, 3.05) is 0 Å². The van der Waals surface area contributed by atoms with Gasteiger partial charge in [-0.25, -0.2) is 0 Å². The molecule has 0 saturated heterocycles. The zero-order chi connectivity index (χ0) is 12.8. The lowest BCUT2D eigenvalue weighted by Gasteiger charge is -2.04. The molecule has 0 aliphatic heterocycles. The quantitative estimate of drug-likeness (QED) is 0.788. The van der Waals surface area contributed by atoms with Gasteiger partial charge < -0.3 is 0 Å². The standard InChI is InChI=1S/C15H19ClO/c1-14(2)13(15(14,3)4)12(17)9-10-7-5-6-8-11(10)16/h5-8,13H,9H2,1-4H3. The number of hydrogen-bond donors (Lipinski definition) is 0. The second-order valence-electron chi connectivity index (χ2n) is 6.11. The summed E-state index contributed by atoms with van der Waals surface area (Å²) in [5, 5.41) is 0.692. The molecule has 0 spiro atoms. The number of rotatable bonds is 3. The van der Waals surface area contributed by atoms with Crippen LogP contribution in [0.2, 0.25) is 5.02 Å². The maximum atomic E-state index is 12.3. The summed E-state index contributed by atoms with van der Waals surface area (Å²) in [6, 6.07) is 7.59. The van der Waals surface area contributed by atoms with Crippen molar-refractivity contribution in [1.82, 2.24) is 0 Å². The smallest absolute Gasteiger partial charge is 0.141 e. The molecule has 92 valence electrons. The lowest BCUT2D eigenvalue weighted by molar-refractivity contribution is -0.120. The molecule has 17 heavy (non-hydrogen) atoms. The van der Waals surface area contributed by atoms with Gasteiger partial charge in [0.05, 0.1) is 0 Å². The third-order valence-electron chi connectivity index (χ3n) is 4.67. The summed E-state index contributed by atoms with van der Waals surface area (Å²) < 4.78 is 0. The molecule has 0 radical (unpaired) electrons. The Bertz CT molecular complexity index is 446. The summed E-state index contributed by atoms with van der Waals surface area (Å²) in [6.07, 6.45) is 0.456. The highest BCUT2D eigenvalue weighted by molar-refractivity contribution is 6.31. The van der Waals surface area contributed by atoms with E-state index in [1.165, 1.54) is 0 Å². The second kappa shape index (κ2) is 3.84. The van der Waals surface area contributed by atoms with Gasteiger partial charge in [-0.05, 0) is 22.5 Å². The normalized spacial score (nSPS) is 21.2. The fourth-order valence-electron chi connectivity index (χ4n) is 2.93. The van der Waals surface area contributed by atoms with Crippen molar-refractivity contribution in [2.45, 2.75) is 34.1 Å². The van der Waals surface area contributed by atoms with Gasteiger partial charge in [-0.3, -0.25) is 4.79 Å². The van der Waals surface area contributed by atoms with Crippen molar-refractivity contribution in [1.29, 1.82) is 0 Å². The lowest BCUT2D eigenvalue weighted by Crippen LogP contribution is -2.10. The number of halogens is 1. The predicted molar refractivity (Wildman–Crippen MR) is 71.2 cm³/mol.